The third kappa shape index (κ3) is 2.91. The average molecular weight is 430 g/mol. The predicted molar refractivity (Wildman–Crippen MR) is 114 cm³/mol. The maximum Gasteiger partial charge on any atom is 0.269 e. The number of hydrogen-bond donors (Lipinski definition) is 1. The van der Waals surface area contributed by atoms with Crippen LogP contribution >= 0.6 is 11.3 Å². The van der Waals surface area contributed by atoms with Gasteiger partial charge in [0.1, 0.15) is 11.6 Å². The molecule has 0 radical (unpaired) electrons. The van der Waals surface area contributed by atoms with Gasteiger partial charge in [0.15, 0.2) is 0 Å². The van der Waals surface area contributed by atoms with E-state index in [2.05, 4.69) is 16.2 Å². The highest BCUT2D eigenvalue weighted by Crippen LogP contribution is 2.45. The Kier molecular flexibility index (Phi) is 4.20. The first kappa shape index (κ1) is 18.8. The normalized spacial score (nSPS) is 15.4. The van der Waals surface area contributed by atoms with Crippen LogP contribution in [0.25, 0.3) is 15.3 Å². The number of allylic oxidation sites excluding steroid dienone is 1. The lowest BCUT2D eigenvalue weighted by Crippen LogP contribution is -2.22. The van der Waals surface area contributed by atoms with Gasteiger partial charge in [-0.3, -0.25) is 10.1 Å². The second-order valence-electron chi connectivity index (χ2n) is 6.96. The molecule has 9 nitrogen and oxygen atoms in total. The summed E-state index contributed by atoms with van der Waals surface area (Å²) in [5.74, 6) is -0.352. The number of ether oxygens (including phenoxy) is 1. The minimum absolute atomic E-state index is 0.0613. The zero-order chi connectivity index (χ0) is 21.7. The van der Waals surface area contributed by atoms with Crippen molar-refractivity contribution < 1.29 is 9.66 Å². The Morgan fingerprint density at radius 3 is 2.84 bits per heavy atom. The third-order valence-corrected chi connectivity index (χ3v) is 6.12. The molecule has 4 aromatic rings. The zero-order valence-electron chi connectivity index (χ0n) is 16.1. The molecular weight excluding hydrogens is 416 g/mol. The smallest absolute Gasteiger partial charge is 0.269 e. The Morgan fingerprint density at radius 2 is 2.10 bits per heavy atom. The van der Waals surface area contributed by atoms with E-state index >= 15 is 0 Å². The van der Waals surface area contributed by atoms with Crippen molar-refractivity contribution >= 4 is 27.2 Å². The van der Waals surface area contributed by atoms with Crippen LogP contribution in [0.3, 0.4) is 0 Å². The Hall–Kier alpha value is -4.23. The molecule has 31 heavy (non-hydrogen) atoms. The number of nitro benzene ring substituents is 1. The highest BCUT2D eigenvalue weighted by molar-refractivity contribution is 7.20. The number of hydrogen-bond acceptors (Lipinski definition) is 8. The fourth-order valence-electron chi connectivity index (χ4n) is 3.75. The lowest BCUT2D eigenvalue weighted by atomic mass is 9.84. The lowest BCUT2D eigenvalue weighted by molar-refractivity contribution is -0.384. The Bertz CT molecular complexity index is 1410. The molecule has 0 saturated carbocycles. The molecule has 0 amide bonds. The first-order valence-electron chi connectivity index (χ1n) is 9.25. The van der Waals surface area contributed by atoms with E-state index in [1.165, 1.54) is 23.5 Å². The van der Waals surface area contributed by atoms with E-state index in [0.717, 1.165) is 10.2 Å². The molecule has 0 unspecified atom stereocenters. The van der Waals surface area contributed by atoms with Gasteiger partial charge in [-0.1, -0.05) is 35.6 Å². The van der Waals surface area contributed by atoms with Crippen LogP contribution in [0.1, 0.15) is 22.7 Å². The van der Waals surface area contributed by atoms with Crippen molar-refractivity contribution in [3.05, 3.63) is 86.9 Å². The molecular formula is C21H14N6O3S. The maximum absolute atomic E-state index is 11.3. The van der Waals surface area contributed by atoms with E-state index in [4.69, 9.17) is 10.5 Å². The molecule has 3 heterocycles. The fraction of sp³-hybridized carbons (Fsp3) is 0.0952. The highest BCUT2D eigenvalue weighted by Gasteiger charge is 2.37. The third-order valence-electron chi connectivity index (χ3n) is 5.11. The molecule has 5 rings (SSSR count). The number of aryl methyl sites for hydroxylation is 1. The number of nitro groups is 1. The van der Waals surface area contributed by atoms with Crippen molar-refractivity contribution in [2.45, 2.75) is 12.8 Å². The van der Waals surface area contributed by atoms with Crippen LogP contribution in [0.4, 0.5) is 5.69 Å². The van der Waals surface area contributed by atoms with Gasteiger partial charge in [0, 0.05) is 12.1 Å². The number of aromatic nitrogens is 3. The number of nitriles is 1. The van der Waals surface area contributed by atoms with E-state index in [0.29, 0.717) is 27.8 Å². The summed E-state index contributed by atoms with van der Waals surface area (Å²) in [5.41, 5.74) is 8.85. The molecule has 0 spiro atoms. The molecule has 1 aliphatic rings. The van der Waals surface area contributed by atoms with Gasteiger partial charge < -0.3 is 10.5 Å². The van der Waals surface area contributed by atoms with Crippen LogP contribution in [0.5, 0.6) is 5.88 Å². The average Bonchev–Trinajstić information content (AvgIpc) is 3.33. The number of benzene rings is 2. The SMILES string of the molecule is Cc1nn(-c2nc3ccccc3s2)c2c1[C@@H](c1cccc([N+](=O)[O-])c1)C(C#N)=C(N)O2. The van der Waals surface area contributed by atoms with E-state index < -0.39 is 10.8 Å². The minimum atomic E-state index is -0.642. The van der Waals surface area contributed by atoms with Gasteiger partial charge in [0.05, 0.1) is 32.3 Å². The summed E-state index contributed by atoms with van der Waals surface area (Å²) < 4.78 is 8.40. The van der Waals surface area contributed by atoms with Gasteiger partial charge in [-0.25, -0.2) is 4.98 Å². The molecule has 152 valence electrons. The van der Waals surface area contributed by atoms with Gasteiger partial charge in [-0.05, 0) is 24.6 Å². The lowest BCUT2D eigenvalue weighted by Gasteiger charge is -2.24. The monoisotopic (exact) mass is 430 g/mol. The van der Waals surface area contributed by atoms with E-state index in [9.17, 15) is 15.4 Å². The number of nitrogens with zero attached hydrogens (tertiary/aromatic N) is 5. The van der Waals surface area contributed by atoms with Crippen LogP contribution in [0.2, 0.25) is 0 Å². The van der Waals surface area contributed by atoms with Crippen LogP contribution in [-0.4, -0.2) is 19.7 Å². The Balaban J connectivity index is 1.73. The predicted octanol–water partition coefficient (Wildman–Crippen LogP) is 3.92. The van der Waals surface area contributed by atoms with Crippen LogP contribution in [0.15, 0.2) is 60.0 Å². The zero-order valence-corrected chi connectivity index (χ0v) is 17.0. The number of para-hydroxylation sites is 1. The second-order valence-corrected chi connectivity index (χ2v) is 7.97. The topological polar surface area (TPSA) is 133 Å². The van der Waals surface area contributed by atoms with Gasteiger partial charge in [0.2, 0.25) is 16.9 Å². The molecule has 10 heteroatoms. The summed E-state index contributed by atoms with van der Waals surface area (Å²) in [5, 5.41) is 26.3. The maximum atomic E-state index is 11.3. The quantitative estimate of drug-likeness (QED) is 0.385. The van der Waals surface area contributed by atoms with Crippen molar-refractivity contribution in [2.24, 2.45) is 5.73 Å². The van der Waals surface area contributed by atoms with Gasteiger partial charge in [-0.15, -0.1) is 0 Å². The molecule has 2 aromatic heterocycles. The van der Waals surface area contributed by atoms with Crippen molar-refractivity contribution in [1.29, 1.82) is 5.26 Å². The molecule has 2 N–H and O–H groups in total. The standard InChI is InChI=1S/C21H14N6O3S/c1-11-17-18(12-5-4-6-13(9-12)27(28)29)14(10-22)19(23)30-20(17)26(25-11)21-24-15-7-2-3-8-16(15)31-21/h2-9,18H,23H2,1H3/t18-/m0/s1. The van der Waals surface area contributed by atoms with Gasteiger partial charge in [0.25, 0.3) is 5.69 Å². The van der Waals surface area contributed by atoms with E-state index in [1.54, 1.807) is 23.7 Å². The number of fused-ring (bicyclic) bond motifs is 2. The molecule has 1 aliphatic heterocycles. The molecule has 2 aromatic carbocycles. The first-order valence-corrected chi connectivity index (χ1v) is 10.1. The first-order chi connectivity index (χ1) is 15.0. The summed E-state index contributed by atoms with van der Waals surface area (Å²) in [4.78, 5) is 15.5. The number of thiazole rings is 1. The molecule has 0 aliphatic carbocycles. The molecule has 1 atom stereocenters. The Morgan fingerprint density at radius 1 is 1.29 bits per heavy atom. The molecule has 0 bridgehead atoms. The van der Waals surface area contributed by atoms with Gasteiger partial charge >= 0.3 is 0 Å². The summed E-state index contributed by atoms with van der Waals surface area (Å²) in [6.07, 6.45) is 0. The highest BCUT2D eigenvalue weighted by atomic mass is 32.1. The van der Waals surface area contributed by atoms with E-state index in [-0.39, 0.29) is 17.1 Å². The van der Waals surface area contributed by atoms with Crippen LogP contribution < -0.4 is 10.5 Å². The fourth-order valence-corrected chi connectivity index (χ4v) is 4.66. The van der Waals surface area contributed by atoms with Crippen molar-refractivity contribution in [3.8, 4) is 17.1 Å². The van der Waals surface area contributed by atoms with E-state index in [1.807, 2.05) is 24.3 Å². The molecule has 0 fully saturated rings. The van der Waals surface area contributed by atoms with Gasteiger partial charge in [-0.2, -0.15) is 15.0 Å². The Labute approximate surface area is 179 Å². The molecule has 0 saturated heterocycles. The van der Waals surface area contributed by atoms with Crippen LogP contribution in [0, 0.1) is 28.4 Å². The summed E-state index contributed by atoms with van der Waals surface area (Å²) in [6, 6.07) is 16.0. The summed E-state index contributed by atoms with van der Waals surface area (Å²) >= 11 is 1.45. The number of non-ortho nitro benzene ring substituents is 1. The van der Waals surface area contributed by atoms with Crippen molar-refractivity contribution in [3.63, 3.8) is 0 Å². The largest absolute Gasteiger partial charge is 0.422 e. The van der Waals surface area contributed by atoms with Crippen molar-refractivity contribution in [1.82, 2.24) is 14.8 Å². The summed E-state index contributed by atoms with van der Waals surface area (Å²) in [7, 11) is 0. The number of nitrogens with two attached hydrogens (primary N) is 1. The number of rotatable bonds is 3. The van der Waals surface area contributed by atoms with Crippen molar-refractivity contribution in [2.75, 3.05) is 0 Å². The van der Waals surface area contributed by atoms with Crippen LogP contribution in [-0.2, 0) is 0 Å². The minimum Gasteiger partial charge on any atom is -0.422 e. The summed E-state index contributed by atoms with van der Waals surface area (Å²) in [6.45, 7) is 1.80. The second kappa shape index (κ2) is 6.93.